The maximum atomic E-state index is 12.1. The molecule has 1 aliphatic rings. The Bertz CT molecular complexity index is 450. The van der Waals surface area contributed by atoms with Gasteiger partial charge in [0, 0.05) is 5.56 Å². The average molecular weight is 232 g/mol. The Morgan fingerprint density at radius 1 is 1.25 bits per heavy atom. The third-order valence-corrected chi connectivity index (χ3v) is 2.61. The van der Waals surface area contributed by atoms with Crippen LogP contribution in [-0.2, 0) is 19.3 Å². The molecule has 0 saturated heterocycles. The van der Waals surface area contributed by atoms with E-state index in [2.05, 4.69) is 9.97 Å². The number of aryl methyl sites for hydroxylation is 1. The molecular weight excluding hydrogens is 221 g/mol. The lowest BCUT2D eigenvalue weighted by atomic mass is 9.97. The molecule has 0 bridgehead atoms. The summed E-state index contributed by atoms with van der Waals surface area (Å²) in [7, 11) is 0. The minimum absolute atomic E-state index is 0.279. The Morgan fingerprint density at radius 2 is 1.94 bits per heavy atom. The van der Waals surface area contributed by atoms with E-state index in [0.717, 1.165) is 12.8 Å². The summed E-state index contributed by atoms with van der Waals surface area (Å²) in [4.78, 5) is 17.6. The lowest BCUT2D eigenvalue weighted by Crippen LogP contribution is -2.25. The molecule has 0 unspecified atom stereocenters. The molecule has 0 spiro atoms. The molecule has 1 aromatic rings. The highest BCUT2D eigenvalue weighted by Crippen LogP contribution is 2.21. The zero-order valence-electron chi connectivity index (χ0n) is 8.52. The maximum absolute atomic E-state index is 12.1. The van der Waals surface area contributed by atoms with E-state index in [-0.39, 0.29) is 5.82 Å². The van der Waals surface area contributed by atoms with Crippen LogP contribution in [0.15, 0.2) is 4.79 Å². The van der Waals surface area contributed by atoms with E-state index in [0.29, 0.717) is 24.1 Å². The van der Waals surface area contributed by atoms with Gasteiger partial charge in [0.25, 0.3) is 5.56 Å². The minimum atomic E-state index is -4.33. The number of hydrogen-bond donors (Lipinski definition) is 1. The third kappa shape index (κ3) is 2.43. The zero-order chi connectivity index (χ0) is 11.8. The summed E-state index contributed by atoms with van der Waals surface area (Å²) in [5.41, 5.74) is 0.676. The first-order chi connectivity index (χ1) is 7.46. The number of hydrogen-bond acceptors (Lipinski definition) is 2. The average Bonchev–Trinajstić information content (AvgIpc) is 2.15. The first-order valence-electron chi connectivity index (χ1n) is 5.13. The Morgan fingerprint density at radius 3 is 2.62 bits per heavy atom. The predicted molar refractivity (Wildman–Crippen MR) is 51.3 cm³/mol. The molecule has 0 saturated carbocycles. The second kappa shape index (κ2) is 3.92. The van der Waals surface area contributed by atoms with Crippen LogP contribution in [0.25, 0.3) is 0 Å². The van der Waals surface area contributed by atoms with Gasteiger partial charge in [0.05, 0.1) is 5.69 Å². The fourth-order valence-electron chi connectivity index (χ4n) is 1.93. The number of H-pyrrole nitrogens is 1. The summed E-state index contributed by atoms with van der Waals surface area (Å²) in [5.74, 6) is -0.279. The Kier molecular flexibility index (Phi) is 2.73. The highest BCUT2D eigenvalue weighted by molar-refractivity contribution is 5.20. The van der Waals surface area contributed by atoms with Gasteiger partial charge in [-0.2, -0.15) is 13.2 Å². The van der Waals surface area contributed by atoms with Gasteiger partial charge in [-0.3, -0.25) is 4.79 Å². The second-order valence-corrected chi connectivity index (χ2v) is 3.94. The molecule has 0 aromatic carbocycles. The molecule has 0 fully saturated rings. The van der Waals surface area contributed by atoms with Crippen LogP contribution in [0.4, 0.5) is 13.2 Å². The van der Waals surface area contributed by atoms with E-state index >= 15 is 0 Å². The number of nitrogens with one attached hydrogen (secondary N) is 1. The van der Waals surface area contributed by atoms with Gasteiger partial charge in [0.15, 0.2) is 0 Å². The second-order valence-electron chi connectivity index (χ2n) is 3.94. The summed E-state index contributed by atoms with van der Waals surface area (Å²) in [6, 6.07) is 0. The number of fused-ring (bicyclic) bond motifs is 1. The molecule has 3 nitrogen and oxygen atoms in total. The van der Waals surface area contributed by atoms with E-state index < -0.39 is 18.2 Å². The number of rotatable bonds is 1. The standard InChI is InChI=1S/C10H11F3N2O/c11-10(12,13)5-8-14-7-4-2-1-3-6(7)9(16)15-8/h1-5H2,(H,14,15,16). The summed E-state index contributed by atoms with van der Waals surface area (Å²) in [6.45, 7) is 0. The molecule has 1 N–H and O–H groups in total. The molecule has 0 radical (unpaired) electrons. The first kappa shape index (κ1) is 11.2. The number of nitrogens with zero attached hydrogens (tertiary/aromatic N) is 1. The number of aromatic amines is 1. The van der Waals surface area contributed by atoms with Crippen molar-refractivity contribution >= 4 is 0 Å². The Hall–Kier alpha value is -1.33. The van der Waals surface area contributed by atoms with E-state index in [1.54, 1.807) is 0 Å². The van der Waals surface area contributed by atoms with Crippen molar-refractivity contribution in [2.24, 2.45) is 0 Å². The first-order valence-corrected chi connectivity index (χ1v) is 5.13. The van der Waals surface area contributed by atoms with E-state index in [9.17, 15) is 18.0 Å². The van der Waals surface area contributed by atoms with E-state index in [4.69, 9.17) is 0 Å². The molecule has 1 aliphatic carbocycles. The van der Waals surface area contributed by atoms with E-state index in [1.165, 1.54) is 0 Å². The lowest BCUT2D eigenvalue weighted by molar-refractivity contribution is -0.128. The third-order valence-electron chi connectivity index (χ3n) is 2.61. The molecule has 0 aliphatic heterocycles. The van der Waals surface area contributed by atoms with Crippen LogP contribution in [-0.4, -0.2) is 16.1 Å². The van der Waals surface area contributed by atoms with Gasteiger partial charge in [-0.1, -0.05) is 0 Å². The highest BCUT2D eigenvalue weighted by Gasteiger charge is 2.30. The quantitative estimate of drug-likeness (QED) is 0.801. The molecular formula is C10H11F3N2O. The van der Waals surface area contributed by atoms with Gasteiger partial charge in [-0.25, -0.2) is 4.98 Å². The van der Waals surface area contributed by atoms with Crippen LogP contribution in [0.5, 0.6) is 0 Å². The smallest absolute Gasteiger partial charge is 0.310 e. The molecule has 16 heavy (non-hydrogen) atoms. The van der Waals surface area contributed by atoms with Crippen LogP contribution in [0.3, 0.4) is 0 Å². The molecule has 1 heterocycles. The predicted octanol–water partition coefficient (Wildman–Crippen LogP) is 1.75. The van der Waals surface area contributed by atoms with Crippen molar-refractivity contribution in [2.45, 2.75) is 38.3 Å². The molecule has 88 valence electrons. The van der Waals surface area contributed by atoms with Crippen LogP contribution in [0, 0.1) is 0 Å². The summed E-state index contributed by atoms with van der Waals surface area (Å²) in [6.07, 6.45) is -2.51. The maximum Gasteiger partial charge on any atom is 0.396 e. The number of halogens is 3. The van der Waals surface area contributed by atoms with Gasteiger partial charge in [-0.15, -0.1) is 0 Å². The lowest BCUT2D eigenvalue weighted by Gasteiger charge is -2.15. The molecule has 2 rings (SSSR count). The Labute approximate surface area is 89.7 Å². The van der Waals surface area contributed by atoms with Gasteiger partial charge in [0.1, 0.15) is 12.2 Å². The van der Waals surface area contributed by atoms with Crippen LogP contribution in [0.2, 0.25) is 0 Å². The fourth-order valence-corrected chi connectivity index (χ4v) is 1.93. The van der Waals surface area contributed by atoms with Crippen molar-refractivity contribution in [3.63, 3.8) is 0 Å². The van der Waals surface area contributed by atoms with Gasteiger partial charge >= 0.3 is 6.18 Å². The van der Waals surface area contributed by atoms with Gasteiger partial charge in [0.2, 0.25) is 0 Å². The Balaban J connectivity index is 2.36. The fraction of sp³-hybridized carbons (Fsp3) is 0.600. The van der Waals surface area contributed by atoms with Crippen molar-refractivity contribution in [1.29, 1.82) is 0 Å². The largest absolute Gasteiger partial charge is 0.396 e. The van der Waals surface area contributed by atoms with Crippen LogP contribution < -0.4 is 5.56 Å². The van der Waals surface area contributed by atoms with Crippen molar-refractivity contribution in [2.75, 3.05) is 0 Å². The van der Waals surface area contributed by atoms with Gasteiger partial charge in [-0.05, 0) is 25.7 Å². The minimum Gasteiger partial charge on any atom is -0.310 e. The van der Waals surface area contributed by atoms with E-state index in [1.807, 2.05) is 0 Å². The SMILES string of the molecule is O=c1[nH]c(CC(F)(F)F)nc2c1CCCC2. The summed E-state index contributed by atoms with van der Waals surface area (Å²) >= 11 is 0. The van der Waals surface area contributed by atoms with Crippen LogP contribution in [0.1, 0.15) is 29.9 Å². The number of aromatic nitrogens is 2. The van der Waals surface area contributed by atoms with Gasteiger partial charge < -0.3 is 4.98 Å². The van der Waals surface area contributed by atoms with Crippen molar-refractivity contribution in [3.05, 3.63) is 27.4 Å². The number of alkyl halides is 3. The summed E-state index contributed by atoms with van der Waals surface area (Å²) in [5, 5.41) is 0. The molecule has 6 heteroatoms. The van der Waals surface area contributed by atoms with Crippen molar-refractivity contribution in [1.82, 2.24) is 9.97 Å². The normalized spacial score (nSPS) is 15.9. The van der Waals surface area contributed by atoms with Crippen molar-refractivity contribution in [3.8, 4) is 0 Å². The van der Waals surface area contributed by atoms with Crippen LogP contribution >= 0.6 is 0 Å². The highest BCUT2D eigenvalue weighted by atomic mass is 19.4. The molecule has 1 aromatic heterocycles. The summed E-state index contributed by atoms with van der Waals surface area (Å²) < 4.78 is 36.4. The topological polar surface area (TPSA) is 45.8 Å². The zero-order valence-corrected chi connectivity index (χ0v) is 8.52. The monoisotopic (exact) mass is 232 g/mol. The van der Waals surface area contributed by atoms with Crippen molar-refractivity contribution < 1.29 is 13.2 Å². The molecule has 0 amide bonds. The molecule has 0 atom stereocenters.